The molecule has 0 radical (unpaired) electrons. The fourth-order valence-electron chi connectivity index (χ4n) is 1.61. The minimum Gasteiger partial charge on any atom is -0.497 e. The van der Waals surface area contributed by atoms with Gasteiger partial charge in [-0.2, -0.15) is 0 Å². The van der Waals surface area contributed by atoms with Crippen LogP contribution in [0.1, 0.15) is 12.0 Å². The van der Waals surface area contributed by atoms with Crippen LogP contribution in [0.4, 0.5) is 0 Å². The first kappa shape index (κ1) is 11.3. The van der Waals surface area contributed by atoms with Gasteiger partial charge < -0.3 is 9.84 Å². The summed E-state index contributed by atoms with van der Waals surface area (Å²) in [6.45, 7) is 2.02. The molecular weight excluding hydrogens is 224 g/mol. The van der Waals surface area contributed by atoms with E-state index in [1.54, 1.807) is 18.9 Å². The Morgan fingerprint density at radius 1 is 1.56 bits per heavy atom. The lowest BCUT2D eigenvalue weighted by atomic mass is 10.2. The molecule has 1 N–H and O–H groups in total. The predicted molar refractivity (Wildman–Crippen MR) is 63.1 cm³/mol. The number of aryl methyl sites for hydroxylation is 1. The molecule has 0 bridgehead atoms. The molecule has 1 aromatic rings. The maximum atomic E-state index is 10.7. The van der Waals surface area contributed by atoms with Crippen molar-refractivity contribution in [1.29, 1.82) is 0 Å². The second kappa shape index (κ2) is 4.37. The molecule has 2 atom stereocenters. The summed E-state index contributed by atoms with van der Waals surface area (Å²) in [6, 6.07) is 5.88. The van der Waals surface area contributed by atoms with Gasteiger partial charge in [0.15, 0.2) is 0 Å². The van der Waals surface area contributed by atoms with Crippen LogP contribution in [0.5, 0.6) is 5.75 Å². The number of aliphatic carboxylic acids is 1. The molecule has 86 valence electrons. The molecule has 1 aliphatic rings. The number of benzene rings is 1. The van der Waals surface area contributed by atoms with Crippen molar-refractivity contribution in [1.82, 2.24) is 0 Å². The van der Waals surface area contributed by atoms with Gasteiger partial charge >= 0.3 is 5.97 Å². The highest BCUT2D eigenvalue weighted by Crippen LogP contribution is 2.46. The van der Waals surface area contributed by atoms with Gasteiger partial charge in [0.25, 0.3) is 0 Å². The van der Waals surface area contributed by atoms with E-state index in [0.29, 0.717) is 0 Å². The smallest absolute Gasteiger partial charge is 0.307 e. The van der Waals surface area contributed by atoms with Gasteiger partial charge in [-0.3, -0.25) is 4.79 Å². The third-order valence-corrected chi connectivity index (χ3v) is 4.25. The maximum absolute atomic E-state index is 10.7. The standard InChI is InChI=1S/C12H14O3S/c1-7-5-8(15-2)3-4-10(7)16-11-6-9(11)12(13)14/h3-5,9,11H,6H2,1-2H3,(H,13,14). The second-order valence-corrected chi connectivity index (χ2v) is 5.25. The summed E-state index contributed by atoms with van der Waals surface area (Å²) < 4.78 is 5.13. The highest BCUT2D eigenvalue weighted by molar-refractivity contribution is 8.00. The Bertz CT molecular complexity index is 417. The minimum atomic E-state index is -0.677. The van der Waals surface area contributed by atoms with E-state index in [1.807, 2.05) is 25.1 Å². The zero-order valence-corrected chi connectivity index (χ0v) is 10.1. The van der Waals surface area contributed by atoms with Crippen LogP contribution in [0, 0.1) is 12.8 Å². The molecule has 0 aliphatic heterocycles. The van der Waals surface area contributed by atoms with E-state index >= 15 is 0 Å². The molecule has 0 amide bonds. The number of rotatable bonds is 4. The van der Waals surface area contributed by atoms with E-state index in [2.05, 4.69) is 0 Å². The van der Waals surface area contributed by atoms with Gasteiger partial charge in [0.05, 0.1) is 13.0 Å². The highest BCUT2D eigenvalue weighted by Gasteiger charge is 2.44. The molecule has 0 aromatic heterocycles. The summed E-state index contributed by atoms with van der Waals surface area (Å²) in [6.07, 6.45) is 0.783. The third kappa shape index (κ3) is 2.32. The minimum absolute atomic E-state index is 0.161. The first-order valence-electron chi connectivity index (χ1n) is 5.16. The van der Waals surface area contributed by atoms with Gasteiger partial charge in [0.1, 0.15) is 5.75 Å². The van der Waals surface area contributed by atoms with Crippen molar-refractivity contribution in [3.05, 3.63) is 23.8 Å². The first-order valence-corrected chi connectivity index (χ1v) is 6.04. The molecule has 2 unspecified atom stereocenters. The fourth-order valence-corrected chi connectivity index (χ4v) is 2.91. The molecule has 16 heavy (non-hydrogen) atoms. The summed E-state index contributed by atoms with van der Waals surface area (Å²) in [5.74, 6) is 0.00241. The van der Waals surface area contributed by atoms with Gasteiger partial charge in [-0.1, -0.05) is 0 Å². The summed E-state index contributed by atoms with van der Waals surface area (Å²) in [4.78, 5) is 11.9. The number of hydrogen-bond acceptors (Lipinski definition) is 3. The Labute approximate surface area is 98.8 Å². The highest BCUT2D eigenvalue weighted by atomic mass is 32.2. The van der Waals surface area contributed by atoms with Crippen LogP contribution in [0.15, 0.2) is 23.1 Å². The third-order valence-electron chi connectivity index (χ3n) is 2.71. The molecule has 1 aliphatic carbocycles. The SMILES string of the molecule is COc1ccc(SC2CC2C(=O)O)c(C)c1. The van der Waals surface area contributed by atoms with E-state index in [9.17, 15) is 4.79 Å². The van der Waals surface area contributed by atoms with Crippen LogP contribution in [0.25, 0.3) is 0 Å². The summed E-state index contributed by atoms with van der Waals surface area (Å²) in [5, 5.41) is 9.06. The number of methoxy groups -OCH3 is 1. The van der Waals surface area contributed by atoms with E-state index < -0.39 is 5.97 Å². The zero-order valence-electron chi connectivity index (χ0n) is 9.27. The summed E-state index contributed by atoms with van der Waals surface area (Å²) in [7, 11) is 1.64. The molecule has 1 fully saturated rings. The van der Waals surface area contributed by atoms with Crippen LogP contribution >= 0.6 is 11.8 Å². The Balaban J connectivity index is 2.03. The molecule has 1 saturated carbocycles. The predicted octanol–water partition coefficient (Wildman–Crippen LogP) is 2.57. The lowest BCUT2D eigenvalue weighted by Gasteiger charge is -2.06. The van der Waals surface area contributed by atoms with Gasteiger partial charge in [0.2, 0.25) is 0 Å². The molecule has 0 heterocycles. The Hall–Kier alpha value is -1.16. The number of hydrogen-bond donors (Lipinski definition) is 1. The molecule has 4 heteroatoms. The van der Waals surface area contributed by atoms with Crippen molar-refractivity contribution in [3.63, 3.8) is 0 Å². The lowest BCUT2D eigenvalue weighted by Crippen LogP contribution is -2.00. The van der Waals surface area contributed by atoms with Crippen molar-refractivity contribution in [2.75, 3.05) is 7.11 Å². The molecule has 1 aromatic carbocycles. The van der Waals surface area contributed by atoms with Crippen molar-refractivity contribution >= 4 is 17.7 Å². The Kier molecular flexibility index (Phi) is 3.10. The fraction of sp³-hybridized carbons (Fsp3) is 0.417. The van der Waals surface area contributed by atoms with E-state index in [-0.39, 0.29) is 11.2 Å². The van der Waals surface area contributed by atoms with Crippen molar-refractivity contribution in [3.8, 4) is 5.75 Å². The quantitative estimate of drug-likeness (QED) is 0.875. The van der Waals surface area contributed by atoms with Gasteiger partial charge in [-0.25, -0.2) is 0 Å². The number of carboxylic acid groups (broad SMARTS) is 1. The van der Waals surface area contributed by atoms with Crippen LogP contribution in [-0.4, -0.2) is 23.4 Å². The van der Waals surface area contributed by atoms with Crippen LogP contribution in [0.2, 0.25) is 0 Å². The van der Waals surface area contributed by atoms with Gasteiger partial charge in [0, 0.05) is 10.1 Å². The van der Waals surface area contributed by atoms with Gasteiger partial charge in [-0.15, -0.1) is 11.8 Å². The number of carbonyl (C=O) groups is 1. The molecule has 0 spiro atoms. The Morgan fingerprint density at radius 3 is 2.81 bits per heavy atom. The largest absolute Gasteiger partial charge is 0.497 e. The topological polar surface area (TPSA) is 46.5 Å². The van der Waals surface area contributed by atoms with Crippen molar-refractivity contribution in [2.24, 2.45) is 5.92 Å². The molecule has 2 rings (SSSR count). The van der Waals surface area contributed by atoms with Crippen LogP contribution < -0.4 is 4.74 Å². The van der Waals surface area contributed by atoms with Crippen molar-refractivity contribution in [2.45, 2.75) is 23.5 Å². The molecule has 0 saturated heterocycles. The lowest BCUT2D eigenvalue weighted by molar-refractivity contribution is -0.138. The average Bonchev–Trinajstić information content (AvgIpc) is 3.00. The van der Waals surface area contributed by atoms with E-state index in [4.69, 9.17) is 9.84 Å². The Morgan fingerprint density at radius 2 is 2.31 bits per heavy atom. The number of thioether (sulfide) groups is 1. The summed E-state index contributed by atoms with van der Waals surface area (Å²) >= 11 is 1.66. The molecule has 3 nitrogen and oxygen atoms in total. The normalized spacial score (nSPS) is 22.9. The summed E-state index contributed by atoms with van der Waals surface area (Å²) in [5.41, 5.74) is 1.14. The zero-order chi connectivity index (χ0) is 11.7. The van der Waals surface area contributed by atoms with Gasteiger partial charge in [-0.05, 0) is 37.1 Å². The van der Waals surface area contributed by atoms with Crippen LogP contribution in [0.3, 0.4) is 0 Å². The first-order chi connectivity index (χ1) is 7.61. The average molecular weight is 238 g/mol. The van der Waals surface area contributed by atoms with E-state index in [0.717, 1.165) is 22.6 Å². The number of carboxylic acids is 1. The maximum Gasteiger partial charge on any atom is 0.307 e. The molecular formula is C12H14O3S. The van der Waals surface area contributed by atoms with Crippen molar-refractivity contribution < 1.29 is 14.6 Å². The second-order valence-electron chi connectivity index (χ2n) is 3.97. The van der Waals surface area contributed by atoms with Crippen LogP contribution in [-0.2, 0) is 4.79 Å². The monoisotopic (exact) mass is 238 g/mol. The van der Waals surface area contributed by atoms with E-state index in [1.165, 1.54) is 0 Å². The number of ether oxygens (including phenoxy) is 1.